The Kier molecular flexibility index (Phi) is 5.05. The van der Waals surface area contributed by atoms with Crippen molar-refractivity contribution in [1.29, 1.82) is 5.26 Å². The van der Waals surface area contributed by atoms with Crippen molar-refractivity contribution in [3.05, 3.63) is 65.2 Å². The first-order valence-corrected chi connectivity index (χ1v) is 14.9. The van der Waals surface area contributed by atoms with Crippen molar-refractivity contribution in [3.63, 3.8) is 0 Å². The monoisotopic (exact) mass is 488 g/mol. The highest BCUT2D eigenvalue weighted by molar-refractivity contribution is 6.74. The molecule has 35 heavy (non-hydrogen) atoms. The van der Waals surface area contributed by atoms with Gasteiger partial charge in [-0.2, -0.15) is 5.26 Å². The second-order valence-electron chi connectivity index (χ2n) is 11.3. The zero-order valence-corrected chi connectivity index (χ0v) is 22.1. The number of aromatic nitrogens is 1. The molecular weight excluding hydrogens is 456 g/mol. The van der Waals surface area contributed by atoms with Crippen LogP contribution in [0, 0.1) is 11.3 Å². The van der Waals surface area contributed by atoms with Crippen molar-refractivity contribution in [2.45, 2.75) is 63.5 Å². The van der Waals surface area contributed by atoms with Crippen LogP contribution in [0.25, 0.3) is 16.5 Å². The van der Waals surface area contributed by atoms with E-state index >= 15 is 0 Å². The van der Waals surface area contributed by atoms with Crippen LogP contribution in [0.1, 0.15) is 50.8 Å². The number of aromatic hydroxyl groups is 2. The molecule has 5 rings (SSSR count). The minimum atomic E-state index is -1.95. The number of fused-ring (bicyclic) bond motifs is 6. The van der Waals surface area contributed by atoms with Crippen LogP contribution in [-0.2, 0) is 20.4 Å². The predicted octanol–water partition coefficient (Wildman–Crippen LogP) is 6.34. The summed E-state index contributed by atoms with van der Waals surface area (Å²) in [4.78, 5) is 0. The zero-order chi connectivity index (χ0) is 25.4. The maximum Gasteiger partial charge on any atom is 0.205 e. The molecule has 6 nitrogen and oxygen atoms in total. The molecule has 2 N–H and O–H groups in total. The number of hydrogen-bond acceptors (Lipinski definition) is 5. The third-order valence-corrected chi connectivity index (χ3v) is 12.6. The molecule has 3 heterocycles. The summed E-state index contributed by atoms with van der Waals surface area (Å²) in [5.41, 5.74) is 0.605. The number of rotatable bonds is 5. The molecule has 0 amide bonds. The van der Waals surface area contributed by atoms with Gasteiger partial charge in [0.25, 0.3) is 0 Å². The van der Waals surface area contributed by atoms with Crippen molar-refractivity contribution in [2.24, 2.45) is 0 Å². The number of ether oxygens (including phenoxy) is 1. The fraction of sp³-hybridized carbons (Fsp3) is 0.393. The Bertz CT molecular complexity index is 1430. The second-order valence-corrected chi connectivity index (χ2v) is 16.1. The van der Waals surface area contributed by atoms with Crippen LogP contribution in [-0.4, -0.2) is 29.7 Å². The normalized spacial score (nSPS) is 23.1. The van der Waals surface area contributed by atoms with Crippen LogP contribution in [0.2, 0.25) is 18.1 Å². The van der Waals surface area contributed by atoms with Crippen LogP contribution in [0.15, 0.2) is 48.6 Å². The van der Waals surface area contributed by atoms with E-state index < -0.39 is 19.5 Å². The summed E-state index contributed by atoms with van der Waals surface area (Å²) in [5.74, 6) is -0.0980. The lowest BCUT2D eigenvalue weighted by Crippen LogP contribution is -2.41. The Hall–Kier alpha value is -3.05. The van der Waals surface area contributed by atoms with Crippen LogP contribution < -0.4 is 0 Å². The van der Waals surface area contributed by atoms with Crippen molar-refractivity contribution in [2.75, 3.05) is 6.61 Å². The SMILES string of the molecule is CC(C)(C)[Si](C)(C)OCC[C@@]12C=C[C@@](C)(O1)c1c2c(O)n(-c2ccc(C#N)c3ccccc23)c1O. The largest absolute Gasteiger partial charge is 0.494 e. The molecule has 0 radical (unpaired) electrons. The van der Waals surface area contributed by atoms with Crippen molar-refractivity contribution in [1.82, 2.24) is 4.57 Å². The Morgan fingerprint density at radius 2 is 1.69 bits per heavy atom. The molecule has 1 aromatic heterocycles. The van der Waals surface area contributed by atoms with Gasteiger partial charge < -0.3 is 19.4 Å². The first kappa shape index (κ1) is 23.7. The van der Waals surface area contributed by atoms with Gasteiger partial charge in [-0.25, -0.2) is 0 Å². The third-order valence-electron chi connectivity index (χ3n) is 8.11. The molecule has 0 saturated carbocycles. The smallest absolute Gasteiger partial charge is 0.205 e. The van der Waals surface area contributed by atoms with Gasteiger partial charge in [-0.3, -0.25) is 4.57 Å². The van der Waals surface area contributed by atoms with Gasteiger partial charge in [0.1, 0.15) is 11.2 Å². The quantitative estimate of drug-likeness (QED) is 0.323. The van der Waals surface area contributed by atoms with E-state index in [9.17, 15) is 15.5 Å². The third kappa shape index (κ3) is 3.28. The van der Waals surface area contributed by atoms with E-state index in [0.29, 0.717) is 35.4 Å². The molecule has 0 fully saturated rings. The van der Waals surface area contributed by atoms with E-state index in [4.69, 9.17) is 9.16 Å². The molecule has 2 aliphatic rings. The molecule has 2 bridgehead atoms. The molecule has 182 valence electrons. The molecule has 7 heteroatoms. The fourth-order valence-corrected chi connectivity index (χ4v) is 6.21. The highest BCUT2D eigenvalue weighted by atomic mass is 28.4. The van der Waals surface area contributed by atoms with E-state index in [0.717, 1.165) is 10.8 Å². The summed E-state index contributed by atoms with van der Waals surface area (Å²) in [7, 11) is -1.95. The summed E-state index contributed by atoms with van der Waals surface area (Å²) in [6.45, 7) is 13.5. The van der Waals surface area contributed by atoms with E-state index in [-0.39, 0.29) is 16.8 Å². The summed E-state index contributed by atoms with van der Waals surface area (Å²) >= 11 is 0. The lowest BCUT2D eigenvalue weighted by Gasteiger charge is -2.37. The number of nitriles is 1. The molecule has 0 spiro atoms. The second kappa shape index (κ2) is 7.47. The van der Waals surface area contributed by atoms with Gasteiger partial charge in [-0.15, -0.1) is 0 Å². The first-order valence-electron chi connectivity index (χ1n) is 12.0. The Morgan fingerprint density at radius 1 is 1.03 bits per heavy atom. The molecule has 0 aliphatic carbocycles. The topological polar surface area (TPSA) is 87.6 Å². The zero-order valence-electron chi connectivity index (χ0n) is 21.1. The van der Waals surface area contributed by atoms with Crippen LogP contribution in [0.5, 0.6) is 11.8 Å². The van der Waals surface area contributed by atoms with Gasteiger partial charge in [0, 0.05) is 23.8 Å². The average Bonchev–Trinajstić information content (AvgIpc) is 3.37. The highest BCUT2D eigenvalue weighted by Crippen LogP contribution is 2.62. The minimum absolute atomic E-state index is 0.0484. The lowest BCUT2D eigenvalue weighted by atomic mass is 9.83. The molecule has 3 aromatic rings. The van der Waals surface area contributed by atoms with Gasteiger partial charge in [0.05, 0.1) is 28.4 Å². The Balaban J connectivity index is 1.60. The fourth-order valence-electron chi connectivity index (χ4n) is 5.16. The maximum atomic E-state index is 11.6. The maximum absolute atomic E-state index is 11.6. The van der Waals surface area contributed by atoms with Crippen LogP contribution in [0.3, 0.4) is 0 Å². The molecule has 2 aliphatic heterocycles. The average molecular weight is 489 g/mol. The van der Waals surface area contributed by atoms with Crippen molar-refractivity contribution >= 4 is 19.1 Å². The van der Waals surface area contributed by atoms with Crippen molar-refractivity contribution in [3.8, 4) is 23.5 Å². The van der Waals surface area contributed by atoms with Gasteiger partial charge in [0.15, 0.2) is 8.32 Å². The molecule has 2 aromatic carbocycles. The van der Waals surface area contributed by atoms with Crippen LogP contribution >= 0.6 is 0 Å². The van der Waals surface area contributed by atoms with E-state index in [2.05, 4.69) is 39.9 Å². The Morgan fingerprint density at radius 3 is 2.34 bits per heavy atom. The van der Waals surface area contributed by atoms with E-state index in [1.165, 1.54) is 4.57 Å². The number of hydrogen-bond donors (Lipinski definition) is 2. The van der Waals surface area contributed by atoms with Crippen LogP contribution in [0.4, 0.5) is 0 Å². The van der Waals surface area contributed by atoms with Crippen molar-refractivity contribution < 1.29 is 19.4 Å². The summed E-state index contributed by atoms with van der Waals surface area (Å²) in [5, 5.41) is 34.2. The predicted molar refractivity (Wildman–Crippen MR) is 138 cm³/mol. The molecule has 0 saturated heterocycles. The van der Waals surface area contributed by atoms with E-state index in [1.807, 2.05) is 43.3 Å². The standard InChI is InChI=1S/C28H32N2O4Si/c1-26(2,3)35(5,6)33-16-15-28-14-13-27(4,34-28)22-23(28)25(32)30(24(22)31)21-12-11-18(17-29)19-9-7-8-10-20(19)21/h7-14,31-32H,15-16H2,1-6H3/t27-,28-/m1/s1. The van der Waals surface area contributed by atoms with E-state index in [1.54, 1.807) is 12.1 Å². The van der Waals surface area contributed by atoms with Gasteiger partial charge in [0.2, 0.25) is 11.8 Å². The summed E-state index contributed by atoms with van der Waals surface area (Å²) in [6.07, 6.45) is 4.48. The highest BCUT2D eigenvalue weighted by Gasteiger charge is 2.58. The molecule has 2 atom stereocenters. The molecular formula is C28H32N2O4Si. The number of benzene rings is 2. The summed E-state index contributed by atoms with van der Waals surface area (Å²) in [6, 6.07) is 13.2. The first-order chi connectivity index (χ1) is 16.4. The van der Waals surface area contributed by atoms with Gasteiger partial charge in [-0.1, -0.05) is 45.0 Å². The lowest BCUT2D eigenvalue weighted by molar-refractivity contribution is -0.0720. The Labute approximate surface area is 207 Å². The summed E-state index contributed by atoms with van der Waals surface area (Å²) < 4.78 is 14.4. The minimum Gasteiger partial charge on any atom is -0.494 e. The number of nitrogens with zero attached hydrogens (tertiary/aromatic N) is 2. The van der Waals surface area contributed by atoms with Gasteiger partial charge in [-0.05, 0) is 49.3 Å². The van der Waals surface area contributed by atoms with Gasteiger partial charge >= 0.3 is 0 Å². The molecule has 0 unspecified atom stereocenters.